The molecule has 1 aliphatic carbocycles. The van der Waals surface area contributed by atoms with E-state index in [1.54, 1.807) is 0 Å². The molecule has 158 valence electrons. The zero-order valence-electron chi connectivity index (χ0n) is 16.7. The number of methoxy groups -OCH3 is 1. The number of aliphatic hydroxyl groups excluding tert-OH is 1. The zero-order valence-corrected chi connectivity index (χ0v) is 16.7. The maximum absolute atomic E-state index is 15.5. The van der Waals surface area contributed by atoms with Crippen LogP contribution in [0.15, 0.2) is 9.59 Å². The molecule has 1 saturated carbocycles. The fourth-order valence-corrected chi connectivity index (χ4v) is 4.66. The minimum atomic E-state index is -0.729. The van der Waals surface area contributed by atoms with E-state index in [-0.39, 0.29) is 46.6 Å². The van der Waals surface area contributed by atoms with Crippen molar-refractivity contribution in [2.75, 3.05) is 37.4 Å². The molecule has 1 saturated heterocycles. The standard InChI is InChI=1S/C20H27FN4O4/c1-3-10-6-7-24(8-11(10)9-26)17-14(21)15(22)13-16(18(17)29-2)25(12-4-5-12)20(28)23-19(13)27/h10-12,26H,3-9,22H2,1-2H3,(H,23,27,28). The van der Waals surface area contributed by atoms with Crippen molar-refractivity contribution in [3.05, 3.63) is 26.7 Å². The van der Waals surface area contributed by atoms with Crippen molar-refractivity contribution in [3.8, 4) is 5.75 Å². The van der Waals surface area contributed by atoms with E-state index in [9.17, 15) is 14.7 Å². The molecule has 2 heterocycles. The Bertz CT molecular complexity index is 1060. The number of nitrogens with one attached hydrogen (secondary N) is 1. The third kappa shape index (κ3) is 3.08. The van der Waals surface area contributed by atoms with E-state index in [1.807, 2.05) is 4.90 Å². The fourth-order valence-electron chi connectivity index (χ4n) is 4.66. The molecule has 0 radical (unpaired) electrons. The minimum absolute atomic E-state index is 0.000390. The quantitative estimate of drug-likeness (QED) is 0.650. The van der Waals surface area contributed by atoms with Gasteiger partial charge < -0.3 is 20.5 Å². The largest absolute Gasteiger partial charge is 0.492 e. The van der Waals surface area contributed by atoms with Crippen LogP contribution in [0.3, 0.4) is 0 Å². The molecule has 8 nitrogen and oxygen atoms in total. The van der Waals surface area contributed by atoms with Crippen LogP contribution in [0.25, 0.3) is 10.9 Å². The van der Waals surface area contributed by atoms with E-state index in [0.29, 0.717) is 19.0 Å². The van der Waals surface area contributed by atoms with Crippen molar-refractivity contribution >= 4 is 22.3 Å². The number of aliphatic hydroxyl groups is 1. The average molecular weight is 406 g/mol. The molecular formula is C20H27FN4O4. The van der Waals surface area contributed by atoms with Crippen LogP contribution in [-0.2, 0) is 0 Å². The highest BCUT2D eigenvalue weighted by Crippen LogP contribution is 2.46. The van der Waals surface area contributed by atoms with Gasteiger partial charge >= 0.3 is 5.69 Å². The van der Waals surface area contributed by atoms with Crippen LogP contribution >= 0.6 is 0 Å². The number of piperidine rings is 1. The van der Waals surface area contributed by atoms with Gasteiger partial charge in [0, 0.05) is 31.7 Å². The first kappa shape index (κ1) is 19.8. The summed E-state index contributed by atoms with van der Waals surface area (Å²) in [6.45, 7) is 3.11. The van der Waals surface area contributed by atoms with Crippen molar-refractivity contribution in [3.63, 3.8) is 0 Å². The Morgan fingerprint density at radius 1 is 1.28 bits per heavy atom. The fraction of sp³-hybridized carbons (Fsp3) is 0.600. The molecular weight excluding hydrogens is 379 g/mol. The molecule has 4 N–H and O–H groups in total. The second-order valence-electron chi connectivity index (χ2n) is 8.04. The second-order valence-corrected chi connectivity index (χ2v) is 8.04. The first-order valence-corrected chi connectivity index (χ1v) is 10.1. The Hall–Kier alpha value is -2.55. The number of halogens is 1. The lowest BCUT2D eigenvalue weighted by Gasteiger charge is -2.39. The number of hydrogen-bond donors (Lipinski definition) is 3. The highest BCUT2D eigenvalue weighted by atomic mass is 19.1. The second kappa shape index (κ2) is 7.37. The number of nitrogens with zero attached hydrogens (tertiary/aromatic N) is 2. The Balaban J connectivity index is 1.98. The number of rotatable bonds is 5. The first-order chi connectivity index (χ1) is 13.9. The van der Waals surface area contributed by atoms with Crippen molar-refractivity contribution in [2.45, 2.75) is 38.6 Å². The van der Waals surface area contributed by atoms with Gasteiger partial charge in [-0.15, -0.1) is 0 Å². The van der Waals surface area contributed by atoms with Crippen molar-refractivity contribution in [2.24, 2.45) is 11.8 Å². The summed E-state index contributed by atoms with van der Waals surface area (Å²) in [5, 5.41) is 9.75. The summed E-state index contributed by atoms with van der Waals surface area (Å²) >= 11 is 0. The van der Waals surface area contributed by atoms with Crippen LogP contribution in [0.5, 0.6) is 5.75 Å². The van der Waals surface area contributed by atoms with Crippen molar-refractivity contribution in [1.82, 2.24) is 9.55 Å². The van der Waals surface area contributed by atoms with Crippen molar-refractivity contribution in [1.29, 1.82) is 0 Å². The summed E-state index contributed by atoms with van der Waals surface area (Å²) in [7, 11) is 1.40. The highest BCUT2D eigenvalue weighted by molar-refractivity contribution is 5.99. The molecule has 9 heteroatoms. The van der Waals surface area contributed by atoms with Crippen LogP contribution in [0.1, 0.15) is 38.6 Å². The monoisotopic (exact) mass is 406 g/mol. The van der Waals surface area contributed by atoms with Gasteiger partial charge in [-0.25, -0.2) is 9.18 Å². The molecule has 2 unspecified atom stereocenters. The number of aromatic amines is 1. The molecule has 2 aliphatic rings. The van der Waals surface area contributed by atoms with Gasteiger partial charge in [-0.05, 0) is 25.2 Å². The Kier molecular flexibility index (Phi) is 5.02. The van der Waals surface area contributed by atoms with E-state index >= 15 is 4.39 Å². The van der Waals surface area contributed by atoms with E-state index in [0.717, 1.165) is 25.7 Å². The van der Waals surface area contributed by atoms with Gasteiger partial charge in [0.25, 0.3) is 5.56 Å². The molecule has 4 rings (SSSR count). The first-order valence-electron chi connectivity index (χ1n) is 10.1. The Morgan fingerprint density at radius 3 is 2.59 bits per heavy atom. The molecule has 2 atom stereocenters. The predicted molar refractivity (Wildman–Crippen MR) is 109 cm³/mol. The van der Waals surface area contributed by atoms with Gasteiger partial charge in [0.2, 0.25) is 0 Å². The number of anilines is 2. The molecule has 2 fully saturated rings. The number of benzene rings is 1. The number of ether oxygens (including phenoxy) is 1. The topological polar surface area (TPSA) is 114 Å². The molecule has 1 aromatic heterocycles. The Labute approximate surface area is 167 Å². The van der Waals surface area contributed by atoms with E-state index < -0.39 is 17.1 Å². The maximum Gasteiger partial charge on any atom is 0.329 e. The summed E-state index contributed by atoms with van der Waals surface area (Å²) in [4.78, 5) is 29.1. The van der Waals surface area contributed by atoms with Gasteiger partial charge in [0.15, 0.2) is 11.6 Å². The highest BCUT2D eigenvalue weighted by Gasteiger charge is 2.35. The minimum Gasteiger partial charge on any atom is -0.492 e. The summed E-state index contributed by atoms with van der Waals surface area (Å²) < 4.78 is 22.5. The van der Waals surface area contributed by atoms with Crippen LogP contribution in [0.4, 0.5) is 15.8 Å². The number of hydrogen-bond acceptors (Lipinski definition) is 6. The lowest BCUT2D eigenvalue weighted by Crippen LogP contribution is -2.42. The van der Waals surface area contributed by atoms with Gasteiger partial charge in [-0.2, -0.15) is 0 Å². The van der Waals surface area contributed by atoms with Crippen LogP contribution in [0.2, 0.25) is 0 Å². The normalized spacial score (nSPS) is 22.3. The number of nitrogens with two attached hydrogens (primary N) is 1. The van der Waals surface area contributed by atoms with Crippen LogP contribution in [-0.4, -0.2) is 41.5 Å². The zero-order chi connectivity index (χ0) is 20.9. The summed E-state index contributed by atoms with van der Waals surface area (Å²) in [5.41, 5.74) is 4.92. The third-order valence-corrected chi connectivity index (χ3v) is 6.37. The number of H-pyrrole nitrogens is 1. The number of nitrogen functional groups attached to an aromatic ring is 1. The molecule has 0 spiro atoms. The number of fused-ring (bicyclic) bond motifs is 1. The summed E-state index contributed by atoms with van der Waals surface area (Å²) in [6, 6.07) is -0.0653. The Morgan fingerprint density at radius 2 is 2.00 bits per heavy atom. The van der Waals surface area contributed by atoms with Gasteiger partial charge in [-0.3, -0.25) is 14.3 Å². The maximum atomic E-state index is 15.5. The van der Waals surface area contributed by atoms with E-state index in [4.69, 9.17) is 10.5 Å². The number of aromatic nitrogens is 2. The molecule has 0 amide bonds. The SMILES string of the molecule is CCC1CCN(c2c(F)c(N)c3c(=O)[nH]c(=O)n(C4CC4)c3c2OC)CC1CO. The van der Waals surface area contributed by atoms with Crippen molar-refractivity contribution < 1.29 is 14.2 Å². The van der Waals surface area contributed by atoms with E-state index in [2.05, 4.69) is 11.9 Å². The average Bonchev–Trinajstić information content (AvgIpc) is 3.54. The van der Waals surface area contributed by atoms with E-state index in [1.165, 1.54) is 11.7 Å². The lowest BCUT2D eigenvalue weighted by molar-refractivity contribution is 0.153. The molecule has 1 aromatic carbocycles. The van der Waals surface area contributed by atoms with Gasteiger partial charge in [0.05, 0.1) is 18.2 Å². The predicted octanol–water partition coefficient (Wildman–Crippen LogP) is 1.60. The molecule has 2 aromatic rings. The third-order valence-electron chi connectivity index (χ3n) is 6.37. The van der Waals surface area contributed by atoms with Crippen LogP contribution in [0, 0.1) is 17.7 Å². The van der Waals surface area contributed by atoms with Gasteiger partial charge in [0.1, 0.15) is 11.2 Å². The summed E-state index contributed by atoms with van der Waals surface area (Å²) in [6.07, 6.45) is 3.33. The van der Waals surface area contributed by atoms with Gasteiger partial charge in [-0.1, -0.05) is 13.3 Å². The molecule has 29 heavy (non-hydrogen) atoms. The van der Waals surface area contributed by atoms with Crippen LogP contribution < -0.4 is 26.6 Å². The lowest BCUT2D eigenvalue weighted by atomic mass is 9.84. The molecule has 1 aliphatic heterocycles. The smallest absolute Gasteiger partial charge is 0.329 e. The molecule has 0 bridgehead atoms. The summed E-state index contributed by atoms with van der Waals surface area (Å²) in [5.74, 6) is -0.226.